The van der Waals surface area contributed by atoms with Crippen molar-refractivity contribution in [2.24, 2.45) is 0 Å². The number of carbonyl (C=O) groups is 1. The summed E-state index contributed by atoms with van der Waals surface area (Å²) in [5.41, 5.74) is 0.278. The molecule has 0 aliphatic carbocycles. The van der Waals surface area contributed by atoms with E-state index >= 15 is 0 Å². The predicted octanol–water partition coefficient (Wildman–Crippen LogP) is 2.90. The molecule has 0 saturated heterocycles. The Labute approximate surface area is 95.1 Å². The molecule has 0 amide bonds. The first kappa shape index (κ1) is 11.3. The fraction of sp³-hybridized carbons (Fsp3) is 0.222. The lowest BCUT2D eigenvalue weighted by Crippen LogP contribution is -2.03. The average Bonchev–Trinajstić information content (AvgIpc) is 2.19. The van der Waals surface area contributed by atoms with Gasteiger partial charge in [0, 0.05) is 4.47 Å². The Hall–Kier alpha value is -0.740. The lowest BCUT2D eigenvalue weighted by Gasteiger charge is -2.07. The lowest BCUT2D eigenvalue weighted by molar-refractivity contribution is 0.0600. The Balaban J connectivity index is 3.29. The fourth-order valence-corrected chi connectivity index (χ4v) is 1.67. The molecule has 0 aromatic heterocycles. The minimum atomic E-state index is -0.491. The Morgan fingerprint density at radius 3 is 2.57 bits per heavy atom. The van der Waals surface area contributed by atoms with E-state index < -0.39 is 5.97 Å². The van der Waals surface area contributed by atoms with Crippen LogP contribution in [0.2, 0.25) is 5.02 Å². The number of esters is 1. The normalized spacial score (nSPS) is 9.71. The van der Waals surface area contributed by atoms with Gasteiger partial charge in [0.2, 0.25) is 0 Å². The maximum absolute atomic E-state index is 11.3. The van der Waals surface area contributed by atoms with Gasteiger partial charge in [0.05, 0.1) is 24.8 Å². The van der Waals surface area contributed by atoms with Crippen molar-refractivity contribution in [2.75, 3.05) is 14.2 Å². The van der Waals surface area contributed by atoms with E-state index in [2.05, 4.69) is 20.7 Å². The first-order chi connectivity index (χ1) is 6.60. The zero-order valence-electron chi connectivity index (χ0n) is 7.64. The third kappa shape index (κ3) is 2.19. The van der Waals surface area contributed by atoms with E-state index in [0.717, 1.165) is 0 Å². The maximum atomic E-state index is 11.3. The number of ether oxygens (including phenoxy) is 2. The molecule has 14 heavy (non-hydrogen) atoms. The molecule has 1 aromatic rings. The number of hydrogen-bond acceptors (Lipinski definition) is 3. The molecule has 1 aromatic carbocycles. The molecule has 1 rings (SSSR count). The summed E-state index contributed by atoms with van der Waals surface area (Å²) < 4.78 is 10.3. The number of carbonyl (C=O) groups excluding carboxylic acids is 1. The smallest absolute Gasteiger partial charge is 0.339 e. The summed E-state index contributed by atoms with van der Waals surface area (Å²) >= 11 is 9.15. The largest absolute Gasteiger partial charge is 0.495 e. The Morgan fingerprint density at radius 1 is 1.43 bits per heavy atom. The van der Waals surface area contributed by atoms with Gasteiger partial charge in [0.1, 0.15) is 5.75 Å². The Bertz CT molecular complexity index is 365. The zero-order chi connectivity index (χ0) is 10.7. The van der Waals surface area contributed by atoms with Gasteiger partial charge in [0.25, 0.3) is 0 Å². The van der Waals surface area contributed by atoms with Crippen LogP contribution in [0.1, 0.15) is 10.4 Å². The molecule has 0 bridgehead atoms. The number of halogens is 2. The van der Waals surface area contributed by atoms with Crippen LogP contribution in [-0.4, -0.2) is 20.2 Å². The second-order valence-electron chi connectivity index (χ2n) is 2.46. The van der Waals surface area contributed by atoms with E-state index in [-0.39, 0.29) is 10.6 Å². The predicted molar refractivity (Wildman–Crippen MR) is 57.0 cm³/mol. The second kappa shape index (κ2) is 4.66. The summed E-state index contributed by atoms with van der Waals surface area (Å²) in [4.78, 5) is 11.3. The van der Waals surface area contributed by atoms with Crippen LogP contribution < -0.4 is 4.74 Å². The second-order valence-corrected chi connectivity index (χ2v) is 3.75. The summed E-state index contributed by atoms with van der Waals surface area (Å²) in [6.07, 6.45) is 0. The minimum Gasteiger partial charge on any atom is -0.495 e. The molecule has 3 nitrogen and oxygen atoms in total. The van der Waals surface area contributed by atoms with Gasteiger partial charge >= 0.3 is 5.97 Å². The van der Waals surface area contributed by atoms with Crippen LogP contribution in [0.25, 0.3) is 0 Å². The van der Waals surface area contributed by atoms with Gasteiger partial charge in [-0.05, 0) is 12.1 Å². The fourth-order valence-electron chi connectivity index (χ4n) is 0.971. The topological polar surface area (TPSA) is 35.5 Å². The van der Waals surface area contributed by atoms with E-state index in [1.807, 2.05) is 0 Å². The number of methoxy groups -OCH3 is 2. The van der Waals surface area contributed by atoms with Gasteiger partial charge in [-0.15, -0.1) is 0 Å². The molecule has 76 valence electrons. The molecule has 0 unspecified atom stereocenters. The summed E-state index contributed by atoms with van der Waals surface area (Å²) in [7, 11) is 2.78. The summed E-state index contributed by atoms with van der Waals surface area (Å²) in [5, 5.41) is 0.252. The summed E-state index contributed by atoms with van der Waals surface area (Å²) in [6.45, 7) is 0. The van der Waals surface area contributed by atoms with Crippen LogP contribution in [0, 0.1) is 0 Å². The van der Waals surface area contributed by atoms with Crippen molar-refractivity contribution in [2.45, 2.75) is 0 Å². The Morgan fingerprint density at radius 2 is 2.07 bits per heavy atom. The number of hydrogen-bond donors (Lipinski definition) is 0. The van der Waals surface area contributed by atoms with Crippen molar-refractivity contribution < 1.29 is 14.3 Å². The van der Waals surface area contributed by atoms with E-state index in [1.54, 1.807) is 12.1 Å². The molecule has 0 spiro atoms. The van der Waals surface area contributed by atoms with Gasteiger partial charge in [-0.25, -0.2) is 4.79 Å². The third-order valence-electron chi connectivity index (χ3n) is 1.63. The highest BCUT2D eigenvalue weighted by Crippen LogP contribution is 2.32. The SMILES string of the molecule is COC(=O)c1cc(Br)cc(OC)c1Cl. The first-order valence-electron chi connectivity index (χ1n) is 3.71. The monoisotopic (exact) mass is 278 g/mol. The van der Waals surface area contributed by atoms with Gasteiger partial charge < -0.3 is 9.47 Å². The number of rotatable bonds is 2. The highest BCUT2D eigenvalue weighted by Gasteiger charge is 2.15. The van der Waals surface area contributed by atoms with Crippen LogP contribution in [0.5, 0.6) is 5.75 Å². The van der Waals surface area contributed by atoms with Gasteiger partial charge in [-0.2, -0.15) is 0 Å². The van der Waals surface area contributed by atoms with Crippen molar-refractivity contribution in [1.29, 1.82) is 0 Å². The molecule has 0 heterocycles. The highest BCUT2D eigenvalue weighted by atomic mass is 79.9. The van der Waals surface area contributed by atoms with Crippen LogP contribution in [-0.2, 0) is 4.74 Å². The molecule has 5 heteroatoms. The van der Waals surface area contributed by atoms with E-state index in [9.17, 15) is 4.79 Å². The van der Waals surface area contributed by atoms with Crippen molar-refractivity contribution in [3.63, 3.8) is 0 Å². The number of benzene rings is 1. The van der Waals surface area contributed by atoms with Gasteiger partial charge in [-0.1, -0.05) is 27.5 Å². The molecular formula is C9H8BrClO3. The lowest BCUT2D eigenvalue weighted by atomic mass is 10.2. The van der Waals surface area contributed by atoms with Crippen LogP contribution in [0.4, 0.5) is 0 Å². The molecule has 0 saturated carbocycles. The van der Waals surface area contributed by atoms with E-state index in [0.29, 0.717) is 10.2 Å². The molecule has 0 fully saturated rings. The van der Waals surface area contributed by atoms with Crippen LogP contribution >= 0.6 is 27.5 Å². The summed E-state index contributed by atoms with van der Waals surface area (Å²) in [6, 6.07) is 3.26. The molecular weight excluding hydrogens is 271 g/mol. The van der Waals surface area contributed by atoms with Crippen molar-refractivity contribution in [3.8, 4) is 5.75 Å². The van der Waals surface area contributed by atoms with Gasteiger partial charge in [-0.3, -0.25) is 0 Å². The standard InChI is InChI=1S/C9H8BrClO3/c1-13-7-4-5(10)3-6(8(7)11)9(12)14-2/h3-4H,1-2H3. The molecule has 0 N–H and O–H groups in total. The average molecular weight is 280 g/mol. The molecule has 0 aliphatic heterocycles. The van der Waals surface area contributed by atoms with Crippen molar-refractivity contribution >= 4 is 33.5 Å². The third-order valence-corrected chi connectivity index (χ3v) is 2.48. The van der Waals surface area contributed by atoms with E-state index in [4.69, 9.17) is 16.3 Å². The quantitative estimate of drug-likeness (QED) is 0.781. The van der Waals surface area contributed by atoms with Crippen molar-refractivity contribution in [3.05, 3.63) is 27.2 Å². The molecule has 0 atom stereocenters. The minimum absolute atomic E-state index is 0.252. The molecule has 0 aliphatic rings. The maximum Gasteiger partial charge on any atom is 0.339 e. The van der Waals surface area contributed by atoms with Crippen LogP contribution in [0.15, 0.2) is 16.6 Å². The van der Waals surface area contributed by atoms with Gasteiger partial charge in [0.15, 0.2) is 0 Å². The zero-order valence-corrected chi connectivity index (χ0v) is 9.98. The van der Waals surface area contributed by atoms with Crippen molar-refractivity contribution in [1.82, 2.24) is 0 Å². The van der Waals surface area contributed by atoms with Crippen LogP contribution in [0.3, 0.4) is 0 Å². The molecule has 0 radical (unpaired) electrons. The summed E-state index contributed by atoms with van der Waals surface area (Å²) in [5.74, 6) is -0.0592. The van der Waals surface area contributed by atoms with E-state index in [1.165, 1.54) is 14.2 Å². The first-order valence-corrected chi connectivity index (χ1v) is 4.88. The highest BCUT2D eigenvalue weighted by molar-refractivity contribution is 9.10. The Kier molecular flexibility index (Phi) is 3.77.